The number of ether oxygens (including phenoxy) is 1. The molecule has 1 aromatic heterocycles. The van der Waals surface area contributed by atoms with Gasteiger partial charge in [-0.05, 0) is 26.0 Å². The fourth-order valence-corrected chi connectivity index (χ4v) is 4.41. The maximum absolute atomic E-state index is 12.8. The number of alkyl halides is 3. The first-order valence-electron chi connectivity index (χ1n) is 8.89. The van der Waals surface area contributed by atoms with Crippen molar-refractivity contribution < 1.29 is 22.7 Å². The van der Waals surface area contributed by atoms with E-state index in [-0.39, 0.29) is 11.7 Å². The maximum Gasteiger partial charge on any atom is 0.406 e. The van der Waals surface area contributed by atoms with Gasteiger partial charge in [0.1, 0.15) is 12.6 Å². The highest BCUT2D eigenvalue weighted by atomic mass is 19.4. The van der Waals surface area contributed by atoms with Crippen LogP contribution in [0.3, 0.4) is 0 Å². The number of fused-ring (bicyclic) bond motifs is 3. The molecule has 140 valence electrons. The number of carbonyl (C=O) groups excluding carboxylic acids is 1. The number of carbonyl (C=O) groups is 1. The van der Waals surface area contributed by atoms with Gasteiger partial charge < -0.3 is 14.2 Å². The quantitative estimate of drug-likeness (QED) is 0.771. The molecule has 2 saturated heterocycles. The lowest BCUT2D eigenvalue weighted by molar-refractivity contribution is -0.139. The van der Waals surface area contributed by atoms with Crippen LogP contribution in [-0.4, -0.2) is 46.8 Å². The van der Waals surface area contributed by atoms with Gasteiger partial charge in [-0.3, -0.25) is 0 Å². The first-order chi connectivity index (χ1) is 12.3. The Morgan fingerprint density at radius 1 is 1.19 bits per heavy atom. The second-order valence-corrected chi connectivity index (χ2v) is 7.35. The van der Waals surface area contributed by atoms with Crippen molar-refractivity contribution in [2.45, 2.75) is 56.6 Å². The summed E-state index contributed by atoms with van der Waals surface area (Å²) in [5, 5.41) is 0.498. The van der Waals surface area contributed by atoms with Crippen molar-refractivity contribution in [1.82, 2.24) is 9.47 Å². The number of piperidine rings is 1. The number of aromatic nitrogens is 1. The van der Waals surface area contributed by atoms with Gasteiger partial charge in [-0.15, -0.1) is 0 Å². The van der Waals surface area contributed by atoms with E-state index in [0.29, 0.717) is 23.0 Å². The molecule has 2 bridgehead atoms. The van der Waals surface area contributed by atoms with Crippen molar-refractivity contribution in [3.8, 4) is 0 Å². The fraction of sp³-hybridized carbons (Fsp3) is 0.526. The molecule has 0 spiro atoms. The molecule has 2 fully saturated rings. The number of rotatable bonds is 3. The summed E-state index contributed by atoms with van der Waals surface area (Å²) in [6.07, 6.45) is 0.557. The van der Waals surface area contributed by atoms with Gasteiger partial charge in [0.2, 0.25) is 0 Å². The number of nitrogens with zero attached hydrogens (tertiary/aromatic N) is 2. The monoisotopic (exact) mass is 366 g/mol. The SMILES string of the molecule is CN1[C@@H]2CC[C@H]1C[C@@H](OC(=O)c1cn(CC(F)(F)F)c3ccccc13)C2. The predicted octanol–water partition coefficient (Wildman–Crippen LogP) is 3.99. The average Bonchev–Trinajstić information content (AvgIpc) is 3.00. The standard InChI is InChI=1S/C19H21F3N2O2/c1-23-12-6-7-13(23)9-14(8-12)26-18(25)16-10-24(11-19(20,21)22)17-5-3-2-4-15(16)17/h2-5,10,12-14H,6-9,11H2,1H3/t12-,13+,14+. The molecule has 2 aliphatic rings. The Balaban J connectivity index is 1.57. The third-order valence-corrected chi connectivity index (χ3v) is 5.69. The van der Waals surface area contributed by atoms with Gasteiger partial charge in [0.05, 0.1) is 5.56 Å². The molecular weight excluding hydrogens is 345 g/mol. The number of benzene rings is 1. The molecule has 4 nitrogen and oxygen atoms in total. The highest BCUT2D eigenvalue weighted by Gasteiger charge is 2.40. The van der Waals surface area contributed by atoms with Crippen molar-refractivity contribution in [3.63, 3.8) is 0 Å². The van der Waals surface area contributed by atoms with E-state index in [9.17, 15) is 18.0 Å². The Bertz CT molecular complexity index is 816. The summed E-state index contributed by atoms with van der Waals surface area (Å²) in [4.78, 5) is 15.0. The Morgan fingerprint density at radius 3 is 2.50 bits per heavy atom. The van der Waals surface area contributed by atoms with Gasteiger partial charge in [-0.25, -0.2) is 4.79 Å². The summed E-state index contributed by atoms with van der Waals surface area (Å²) in [7, 11) is 2.10. The minimum atomic E-state index is -4.35. The Labute approximate surface area is 149 Å². The molecule has 0 N–H and O–H groups in total. The van der Waals surface area contributed by atoms with E-state index in [4.69, 9.17) is 4.74 Å². The third kappa shape index (κ3) is 3.20. The zero-order chi connectivity index (χ0) is 18.5. The van der Waals surface area contributed by atoms with Gasteiger partial charge in [0.25, 0.3) is 0 Å². The van der Waals surface area contributed by atoms with Crippen molar-refractivity contribution in [3.05, 3.63) is 36.0 Å². The molecule has 4 rings (SSSR count). The van der Waals surface area contributed by atoms with Gasteiger partial charge in [0.15, 0.2) is 0 Å². The largest absolute Gasteiger partial charge is 0.459 e. The van der Waals surface area contributed by atoms with Crippen molar-refractivity contribution in [2.24, 2.45) is 0 Å². The first kappa shape index (κ1) is 17.4. The van der Waals surface area contributed by atoms with E-state index >= 15 is 0 Å². The van der Waals surface area contributed by atoms with Crippen LogP contribution in [-0.2, 0) is 11.3 Å². The van der Waals surface area contributed by atoms with Gasteiger partial charge >= 0.3 is 12.1 Å². The summed E-state index contributed by atoms with van der Waals surface area (Å²) in [5.74, 6) is -0.531. The van der Waals surface area contributed by atoms with Crippen LogP contribution < -0.4 is 0 Å². The molecule has 1 aromatic carbocycles. The van der Waals surface area contributed by atoms with Crippen LogP contribution in [0.2, 0.25) is 0 Å². The van der Waals surface area contributed by atoms with E-state index < -0.39 is 18.7 Å². The molecule has 26 heavy (non-hydrogen) atoms. The minimum absolute atomic E-state index is 0.166. The number of hydrogen-bond donors (Lipinski definition) is 0. The molecule has 0 aliphatic carbocycles. The maximum atomic E-state index is 12.8. The zero-order valence-electron chi connectivity index (χ0n) is 14.5. The summed E-state index contributed by atoms with van der Waals surface area (Å²) in [6.45, 7) is -1.13. The molecule has 0 saturated carbocycles. The van der Waals surface area contributed by atoms with Gasteiger partial charge in [-0.1, -0.05) is 18.2 Å². The molecule has 2 aromatic rings. The second kappa shape index (κ2) is 6.30. The molecule has 3 heterocycles. The minimum Gasteiger partial charge on any atom is -0.459 e. The van der Waals surface area contributed by atoms with Crippen LogP contribution in [0.4, 0.5) is 13.2 Å². The van der Waals surface area contributed by atoms with Crippen LogP contribution >= 0.6 is 0 Å². The first-order valence-corrected chi connectivity index (χ1v) is 8.89. The topological polar surface area (TPSA) is 34.5 Å². The summed E-state index contributed by atoms with van der Waals surface area (Å²) < 4.78 is 45.3. The van der Waals surface area contributed by atoms with Crippen LogP contribution in [0.1, 0.15) is 36.0 Å². The predicted molar refractivity (Wildman–Crippen MR) is 91.0 cm³/mol. The molecule has 2 aliphatic heterocycles. The molecule has 0 radical (unpaired) electrons. The Morgan fingerprint density at radius 2 is 1.85 bits per heavy atom. The molecule has 0 amide bonds. The van der Waals surface area contributed by atoms with E-state index in [2.05, 4.69) is 11.9 Å². The zero-order valence-corrected chi connectivity index (χ0v) is 14.5. The number of hydrogen-bond acceptors (Lipinski definition) is 3. The summed E-state index contributed by atoms with van der Waals surface area (Å²) in [5.41, 5.74) is 0.594. The molecule has 0 unspecified atom stereocenters. The normalized spacial score (nSPS) is 26.4. The average molecular weight is 366 g/mol. The van der Waals surface area contributed by atoms with E-state index in [1.807, 2.05) is 0 Å². The number of esters is 1. The second-order valence-electron chi connectivity index (χ2n) is 7.35. The molecular formula is C19H21F3N2O2. The van der Waals surface area contributed by atoms with E-state index in [1.165, 1.54) is 6.20 Å². The lowest BCUT2D eigenvalue weighted by Gasteiger charge is -2.35. The number of para-hydroxylation sites is 1. The fourth-order valence-electron chi connectivity index (χ4n) is 4.41. The number of halogens is 3. The molecule has 7 heteroatoms. The highest BCUT2D eigenvalue weighted by molar-refractivity contribution is 6.04. The Hall–Kier alpha value is -2.02. The van der Waals surface area contributed by atoms with Crippen LogP contribution in [0, 0.1) is 0 Å². The van der Waals surface area contributed by atoms with Crippen LogP contribution in [0.15, 0.2) is 30.5 Å². The van der Waals surface area contributed by atoms with Crippen molar-refractivity contribution in [2.75, 3.05) is 7.05 Å². The lowest BCUT2D eigenvalue weighted by Crippen LogP contribution is -2.43. The van der Waals surface area contributed by atoms with E-state index in [0.717, 1.165) is 30.3 Å². The third-order valence-electron chi connectivity index (χ3n) is 5.69. The van der Waals surface area contributed by atoms with Crippen molar-refractivity contribution >= 4 is 16.9 Å². The van der Waals surface area contributed by atoms with Gasteiger partial charge in [-0.2, -0.15) is 13.2 Å². The highest BCUT2D eigenvalue weighted by Crippen LogP contribution is 2.36. The van der Waals surface area contributed by atoms with Crippen molar-refractivity contribution in [1.29, 1.82) is 0 Å². The van der Waals surface area contributed by atoms with E-state index in [1.54, 1.807) is 24.3 Å². The van der Waals surface area contributed by atoms with Crippen LogP contribution in [0.5, 0.6) is 0 Å². The summed E-state index contributed by atoms with van der Waals surface area (Å²) >= 11 is 0. The molecule has 3 atom stereocenters. The van der Waals surface area contributed by atoms with Gasteiger partial charge in [0, 0.05) is 42.0 Å². The van der Waals surface area contributed by atoms with Crippen LogP contribution in [0.25, 0.3) is 10.9 Å². The summed E-state index contributed by atoms with van der Waals surface area (Å²) in [6, 6.07) is 7.49. The smallest absolute Gasteiger partial charge is 0.406 e. The Kier molecular flexibility index (Phi) is 4.22. The lowest BCUT2D eigenvalue weighted by atomic mass is 10.0.